The van der Waals surface area contributed by atoms with Crippen LogP contribution in [0.1, 0.15) is 38.9 Å². The molecule has 0 aromatic carbocycles. The Bertz CT molecular complexity index is 332. The van der Waals surface area contributed by atoms with Crippen molar-refractivity contribution in [1.29, 1.82) is 0 Å². The van der Waals surface area contributed by atoms with E-state index in [4.69, 9.17) is 10.2 Å². The van der Waals surface area contributed by atoms with Crippen molar-refractivity contribution in [3.8, 4) is 0 Å². The summed E-state index contributed by atoms with van der Waals surface area (Å²) < 4.78 is 5.44. The molecule has 1 fully saturated rings. The van der Waals surface area contributed by atoms with E-state index in [1.165, 1.54) is 12.8 Å². The Labute approximate surface area is 104 Å². The Kier molecular flexibility index (Phi) is 3.89. The fourth-order valence-corrected chi connectivity index (χ4v) is 2.94. The maximum atomic E-state index is 5.66. The van der Waals surface area contributed by atoms with Gasteiger partial charge in [-0.2, -0.15) is 0 Å². The first-order chi connectivity index (χ1) is 8.12. The van der Waals surface area contributed by atoms with Crippen LogP contribution in [0.25, 0.3) is 0 Å². The molecular weight excluding hydrogens is 212 g/mol. The van der Waals surface area contributed by atoms with E-state index in [0.29, 0.717) is 0 Å². The predicted molar refractivity (Wildman–Crippen MR) is 69.6 cm³/mol. The molecule has 1 aromatic heterocycles. The molecule has 2 rings (SSSR count). The van der Waals surface area contributed by atoms with Crippen molar-refractivity contribution in [2.24, 2.45) is 11.7 Å². The van der Waals surface area contributed by atoms with E-state index in [-0.39, 0.29) is 5.54 Å². The lowest BCUT2D eigenvalue weighted by Gasteiger charge is -2.45. The first-order valence-corrected chi connectivity index (χ1v) is 6.59. The molecule has 3 heteroatoms. The fourth-order valence-electron chi connectivity index (χ4n) is 2.94. The van der Waals surface area contributed by atoms with E-state index in [1.807, 2.05) is 6.07 Å². The molecule has 96 valence electrons. The summed E-state index contributed by atoms with van der Waals surface area (Å²) in [5.74, 6) is 1.86. The van der Waals surface area contributed by atoms with Gasteiger partial charge in [-0.15, -0.1) is 0 Å². The van der Waals surface area contributed by atoms with Crippen molar-refractivity contribution < 1.29 is 4.42 Å². The van der Waals surface area contributed by atoms with Crippen molar-refractivity contribution in [2.75, 3.05) is 13.1 Å². The molecule has 0 spiro atoms. The van der Waals surface area contributed by atoms with Crippen LogP contribution in [-0.4, -0.2) is 23.5 Å². The van der Waals surface area contributed by atoms with E-state index < -0.39 is 0 Å². The van der Waals surface area contributed by atoms with Crippen LogP contribution in [0.5, 0.6) is 0 Å². The predicted octanol–water partition coefficient (Wildman–Crippen LogP) is 2.62. The number of nitrogens with zero attached hydrogens (tertiary/aromatic N) is 1. The van der Waals surface area contributed by atoms with Gasteiger partial charge in [0.15, 0.2) is 0 Å². The van der Waals surface area contributed by atoms with Gasteiger partial charge in [-0.05, 0) is 64.3 Å². The highest BCUT2D eigenvalue weighted by atomic mass is 16.3. The molecule has 0 saturated carbocycles. The highest BCUT2D eigenvalue weighted by Gasteiger charge is 2.34. The number of furan rings is 1. The second-order valence-electron chi connectivity index (χ2n) is 5.75. The zero-order chi connectivity index (χ0) is 12.3. The number of hydrogen-bond acceptors (Lipinski definition) is 3. The molecule has 1 unspecified atom stereocenters. The lowest BCUT2D eigenvalue weighted by molar-refractivity contribution is 0.0325. The Hall–Kier alpha value is -0.800. The van der Waals surface area contributed by atoms with Gasteiger partial charge in [-0.3, -0.25) is 4.90 Å². The first-order valence-electron chi connectivity index (χ1n) is 6.59. The van der Waals surface area contributed by atoms with E-state index >= 15 is 0 Å². The molecule has 0 amide bonds. The third-order valence-electron chi connectivity index (χ3n) is 3.95. The van der Waals surface area contributed by atoms with Gasteiger partial charge in [0.25, 0.3) is 0 Å². The van der Waals surface area contributed by atoms with Gasteiger partial charge in [0, 0.05) is 5.54 Å². The summed E-state index contributed by atoms with van der Waals surface area (Å²) in [4.78, 5) is 2.53. The van der Waals surface area contributed by atoms with Crippen LogP contribution in [0.4, 0.5) is 0 Å². The maximum absolute atomic E-state index is 5.66. The molecule has 0 radical (unpaired) electrons. The van der Waals surface area contributed by atoms with Crippen LogP contribution in [-0.2, 0) is 6.54 Å². The largest absolute Gasteiger partial charge is 0.468 e. The molecule has 2 heterocycles. The molecule has 1 aliphatic heterocycles. The van der Waals surface area contributed by atoms with Crippen molar-refractivity contribution >= 4 is 0 Å². The third-order valence-corrected chi connectivity index (χ3v) is 3.95. The lowest BCUT2D eigenvalue weighted by atomic mass is 9.81. The minimum absolute atomic E-state index is 0.255. The Morgan fingerprint density at radius 2 is 2.35 bits per heavy atom. The summed E-state index contributed by atoms with van der Waals surface area (Å²) in [5, 5.41) is 0. The van der Waals surface area contributed by atoms with Gasteiger partial charge in [0.2, 0.25) is 0 Å². The van der Waals surface area contributed by atoms with Gasteiger partial charge in [0.05, 0.1) is 12.8 Å². The molecule has 1 atom stereocenters. The Morgan fingerprint density at radius 1 is 1.53 bits per heavy atom. The van der Waals surface area contributed by atoms with Crippen molar-refractivity contribution in [2.45, 2.75) is 45.2 Å². The van der Waals surface area contributed by atoms with Crippen molar-refractivity contribution in [3.63, 3.8) is 0 Å². The standard InChI is InChI=1S/C14H24N2O/c1-14(2)10-12(5-7-15)6-8-16(14)11-13-4-3-9-17-13/h3-4,9,12H,5-8,10-11,15H2,1-2H3. The molecule has 2 N–H and O–H groups in total. The number of rotatable bonds is 4. The molecule has 0 aliphatic carbocycles. The molecule has 1 aromatic rings. The molecular formula is C14H24N2O. The molecule has 17 heavy (non-hydrogen) atoms. The SMILES string of the molecule is CC1(C)CC(CCN)CCN1Cc1ccco1. The second kappa shape index (κ2) is 5.23. The number of hydrogen-bond donors (Lipinski definition) is 1. The summed E-state index contributed by atoms with van der Waals surface area (Å²) in [6, 6.07) is 4.02. The zero-order valence-corrected chi connectivity index (χ0v) is 11.0. The van der Waals surface area contributed by atoms with Crippen LogP contribution in [0.2, 0.25) is 0 Å². The highest BCUT2D eigenvalue weighted by molar-refractivity contribution is 5.00. The van der Waals surface area contributed by atoms with E-state index in [1.54, 1.807) is 6.26 Å². The normalized spacial score (nSPS) is 25.0. The minimum Gasteiger partial charge on any atom is -0.468 e. The average molecular weight is 236 g/mol. The molecule has 3 nitrogen and oxygen atoms in total. The lowest BCUT2D eigenvalue weighted by Crippen LogP contribution is -2.49. The minimum atomic E-state index is 0.255. The van der Waals surface area contributed by atoms with Crippen LogP contribution >= 0.6 is 0 Å². The quantitative estimate of drug-likeness (QED) is 0.874. The Balaban J connectivity index is 1.96. The second-order valence-corrected chi connectivity index (χ2v) is 5.75. The van der Waals surface area contributed by atoms with Crippen molar-refractivity contribution in [3.05, 3.63) is 24.2 Å². The van der Waals surface area contributed by atoms with Gasteiger partial charge < -0.3 is 10.2 Å². The smallest absolute Gasteiger partial charge is 0.117 e. The monoisotopic (exact) mass is 236 g/mol. The van der Waals surface area contributed by atoms with Crippen LogP contribution in [0.3, 0.4) is 0 Å². The first kappa shape index (κ1) is 12.7. The number of nitrogens with two attached hydrogens (primary N) is 1. The molecule has 0 bridgehead atoms. The van der Waals surface area contributed by atoms with Crippen LogP contribution in [0.15, 0.2) is 22.8 Å². The zero-order valence-electron chi connectivity index (χ0n) is 11.0. The highest BCUT2D eigenvalue weighted by Crippen LogP contribution is 2.33. The topological polar surface area (TPSA) is 42.4 Å². The molecule has 1 aliphatic rings. The summed E-state index contributed by atoms with van der Waals surface area (Å²) >= 11 is 0. The summed E-state index contributed by atoms with van der Waals surface area (Å²) in [7, 11) is 0. The number of piperidine rings is 1. The number of likely N-dealkylation sites (tertiary alicyclic amines) is 1. The van der Waals surface area contributed by atoms with Gasteiger partial charge >= 0.3 is 0 Å². The summed E-state index contributed by atoms with van der Waals surface area (Å²) in [6.07, 6.45) is 5.42. The Morgan fingerprint density at radius 3 is 2.94 bits per heavy atom. The van der Waals surface area contributed by atoms with E-state index in [0.717, 1.165) is 37.7 Å². The van der Waals surface area contributed by atoms with Crippen LogP contribution < -0.4 is 5.73 Å². The van der Waals surface area contributed by atoms with Gasteiger partial charge in [0.1, 0.15) is 5.76 Å². The van der Waals surface area contributed by atoms with E-state index in [9.17, 15) is 0 Å². The maximum Gasteiger partial charge on any atom is 0.117 e. The van der Waals surface area contributed by atoms with Crippen molar-refractivity contribution in [1.82, 2.24) is 4.90 Å². The third kappa shape index (κ3) is 3.11. The van der Waals surface area contributed by atoms with Gasteiger partial charge in [-0.25, -0.2) is 0 Å². The summed E-state index contributed by atoms with van der Waals surface area (Å²) in [5.41, 5.74) is 5.92. The molecule has 1 saturated heterocycles. The fraction of sp³-hybridized carbons (Fsp3) is 0.714. The average Bonchev–Trinajstić information content (AvgIpc) is 2.74. The van der Waals surface area contributed by atoms with Crippen LogP contribution in [0, 0.1) is 5.92 Å². The van der Waals surface area contributed by atoms with E-state index in [2.05, 4.69) is 24.8 Å². The summed E-state index contributed by atoms with van der Waals surface area (Å²) in [6.45, 7) is 7.56. The van der Waals surface area contributed by atoms with Gasteiger partial charge in [-0.1, -0.05) is 0 Å².